The molecular formula is C17H20N4O. The average Bonchev–Trinajstić information content (AvgIpc) is 2.61. The molecule has 0 N–H and O–H groups in total. The van der Waals surface area contributed by atoms with Gasteiger partial charge in [0.2, 0.25) is 5.91 Å². The van der Waals surface area contributed by atoms with Gasteiger partial charge in [-0.05, 0) is 37.0 Å². The minimum atomic E-state index is 0.225. The molecule has 0 aromatic carbocycles. The first-order valence-electron chi connectivity index (χ1n) is 7.75. The highest BCUT2D eigenvalue weighted by molar-refractivity contribution is 5.76. The Balaban J connectivity index is 1.56. The molecule has 0 saturated carbocycles. The van der Waals surface area contributed by atoms with Crippen LogP contribution in [-0.2, 0) is 11.2 Å². The number of hydrogen-bond donors (Lipinski definition) is 0. The summed E-state index contributed by atoms with van der Waals surface area (Å²) in [6, 6.07) is 5.88. The Morgan fingerprint density at radius 3 is 3.00 bits per heavy atom. The van der Waals surface area contributed by atoms with Crippen molar-refractivity contribution in [1.82, 2.24) is 19.9 Å². The number of likely N-dealkylation sites (tertiary alicyclic amines) is 1. The summed E-state index contributed by atoms with van der Waals surface area (Å²) in [5.74, 6) is 0.557. The molecular weight excluding hydrogens is 276 g/mol. The topological polar surface area (TPSA) is 59.0 Å². The number of pyridine rings is 1. The van der Waals surface area contributed by atoms with E-state index in [4.69, 9.17) is 0 Å². The van der Waals surface area contributed by atoms with Crippen LogP contribution < -0.4 is 0 Å². The van der Waals surface area contributed by atoms with Gasteiger partial charge in [0.1, 0.15) is 6.33 Å². The predicted molar refractivity (Wildman–Crippen MR) is 83.1 cm³/mol. The van der Waals surface area contributed by atoms with Crippen LogP contribution >= 0.6 is 0 Å². The number of aromatic nitrogens is 3. The third-order valence-corrected chi connectivity index (χ3v) is 4.15. The Labute approximate surface area is 130 Å². The number of nitrogens with zero attached hydrogens (tertiary/aromatic N) is 4. The zero-order valence-corrected chi connectivity index (χ0v) is 12.6. The van der Waals surface area contributed by atoms with Crippen molar-refractivity contribution in [1.29, 1.82) is 0 Å². The zero-order chi connectivity index (χ0) is 15.2. The summed E-state index contributed by atoms with van der Waals surface area (Å²) in [6.07, 6.45) is 10.3. The Bertz CT molecular complexity index is 603. The summed E-state index contributed by atoms with van der Waals surface area (Å²) in [5.41, 5.74) is 2.15. The fourth-order valence-electron chi connectivity index (χ4n) is 2.94. The molecule has 0 unspecified atom stereocenters. The molecule has 0 aliphatic carbocycles. The van der Waals surface area contributed by atoms with E-state index in [1.165, 1.54) is 0 Å². The molecule has 3 heterocycles. The van der Waals surface area contributed by atoms with Crippen LogP contribution in [0.3, 0.4) is 0 Å². The van der Waals surface area contributed by atoms with Crippen molar-refractivity contribution in [3.8, 4) is 0 Å². The molecule has 22 heavy (non-hydrogen) atoms. The smallest absolute Gasteiger partial charge is 0.222 e. The predicted octanol–water partition coefficient (Wildman–Crippen LogP) is 2.21. The quantitative estimate of drug-likeness (QED) is 0.868. The van der Waals surface area contributed by atoms with Crippen LogP contribution in [-0.4, -0.2) is 38.8 Å². The summed E-state index contributed by atoms with van der Waals surface area (Å²) in [4.78, 5) is 26.8. The molecule has 0 bridgehead atoms. The van der Waals surface area contributed by atoms with Crippen molar-refractivity contribution in [3.63, 3.8) is 0 Å². The molecule has 114 valence electrons. The Kier molecular flexibility index (Phi) is 4.73. The Morgan fingerprint density at radius 2 is 2.23 bits per heavy atom. The number of piperidine rings is 1. The summed E-state index contributed by atoms with van der Waals surface area (Å²) < 4.78 is 0. The molecule has 1 saturated heterocycles. The van der Waals surface area contributed by atoms with E-state index in [0.717, 1.165) is 43.6 Å². The molecule has 3 rings (SSSR count). The van der Waals surface area contributed by atoms with E-state index in [-0.39, 0.29) is 5.91 Å². The van der Waals surface area contributed by atoms with E-state index in [1.54, 1.807) is 18.7 Å². The lowest BCUT2D eigenvalue weighted by Crippen LogP contribution is -2.39. The SMILES string of the molecule is O=C(CCc1cccnc1)N1CCC[C@@H](c2ccncn2)C1. The van der Waals surface area contributed by atoms with E-state index < -0.39 is 0 Å². The molecule has 1 fully saturated rings. The monoisotopic (exact) mass is 296 g/mol. The highest BCUT2D eigenvalue weighted by Gasteiger charge is 2.25. The second-order valence-electron chi connectivity index (χ2n) is 5.67. The fourth-order valence-corrected chi connectivity index (χ4v) is 2.94. The first-order valence-corrected chi connectivity index (χ1v) is 7.75. The van der Waals surface area contributed by atoms with Gasteiger partial charge in [0.25, 0.3) is 0 Å². The van der Waals surface area contributed by atoms with Gasteiger partial charge in [-0.3, -0.25) is 9.78 Å². The van der Waals surface area contributed by atoms with Crippen LogP contribution in [0.25, 0.3) is 0 Å². The van der Waals surface area contributed by atoms with Gasteiger partial charge in [0.15, 0.2) is 0 Å². The standard InChI is InChI=1S/C17H20N4O/c22-17(6-5-14-3-1-8-18-11-14)21-10-2-4-15(12-21)16-7-9-19-13-20-16/h1,3,7-9,11,13,15H,2,4-6,10,12H2/t15-/m1/s1. The summed E-state index contributed by atoms with van der Waals surface area (Å²) >= 11 is 0. The number of carbonyl (C=O) groups is 1. The lowest BCUT2D eigenvalue weighted by atomic mass is 9.94. The van der Waals surface area contributed by atoms with Crippen molar-refractivity contribution in [2.24, 2.45) is 0 Å². The molecule has 5 heteroatoms. The summed E-state index contributed by atoms with van der Waals surface area (Å²) in [6.45, 7) is 1.62. The maximum absolute atomic E-state index is 12.4. The number of hydrogen-bond acceptors (Lipinski definition) is 4. The molecule has 2 aromatic heterocycles. The summed E-state index contributed by atoms with van der Waals surface area (Å²) in [5, 5.41) is 0. The molecule has 1 amide bonds. The highest BCUT2D eigenvalue weighted by Crippen LogP contribution is 2.25. The molecule has 1 aliphatic heterocycles. The van der Waals surface area contributed by atoms with E-state index in [1.807, 2.05) is 29.3 Å². The molecule has 2 aromatic rings. The lowest BCUT2D eigenvalue weighted by molar-refractivity contribution is -0.132. The first-order chi connectivity index (χ1) is 10.8. The van der Waals surface area contributed by atoms with Crippen molar-refractivity contribution in [2.45, 2.75) is 31.6 Å². The second kappa shape index (κ2) is 7.11. The normalized spacial score (nSPS) is 18.2. The van der Waals surface area contributed by atoms with Gasteiger partial charge < -0.3 is 4.90 Å². The van der Waals surface area contributed by atoms with Gasteiger partial charge in [-0.2, -0.15) is 0 Å². The van der Waals surface area contributed by atoms with Crippen molar-refractivity contribution >= 4 is 5.91 Å². The van der Waals surface area contributed by atoms with Gasteiger partial charge in [-0.1, -0.05) is 6.07 Å². The highest BCUT2D eigenvalue weighted by atomic mass is 16.2. The fraction of sp³-hybridized carbons (Fsp3) is 0.412. The van der Waals surface area contributed by atoms with Gasteiger partial charge in [-0.25, -0.2) is 9.97 Å². The van der Waals surface area contributed by atoms with Crippen LogP contribution in [0.5, 0.6) is 0 Å². The van der Waals surface area contributed by atoms with E-state index in [9.17, 15) is 4.79 Å². The molecule has 1 aliphatic rings. The van der Waals surface area contributed by atoms with Crippen LogP contribution in [0.2, 0.25) is 0 Å². The van der Waals surface area contributed by atoms with Gasteiger partial charge in [-0.15, -0.1) is 0 Å². The zero-order valence-electron chi connectivity index (χ0n) is 12.6. The number of amides is 1. The van der Waals surface area contributed by atoms with E-state index >= 15 is 0 Å². The maximum atomic E-state index is 12.4. The Hall–Kier alpha value is -2.30. The maximum Gasteiger partial charge on any atom is 0.222 e. The number of aryl methyl sites for hydroxylation is 1. The van der Waals surface area contributed by atoms with Crippen molar-refractivity contribution < 1.29 is 4.79 Å². The second-order valence-corrected chi connectivity index (χ2v) is 5.67. The first kappa shape index (κ1) is 14.6. The number of carbonyl (C=O) groups excluding carboxylic acids is 1. The van der Waals surface area contributed by atoms with Gasteiger partial charge in [0.05, 0.1) is 0 Å². The van der Waals surface area contributed by atoms with Crippen LogP contribution in [0, 0.1) is 0 Å². The average molecular weight is 296 g/mol. The third kappa shape index (κ3) is 3.67. The van der Waals surface area contributed by atoms with Crippen LogP contribution in [0.15, 0.2) is 43.1 Å². The lowest BCUT2D eigenvalue weighted by Gasteiger charge is -2.32. The number of rotatable bonds is 4. The summed E-state index contributed by atoms with van der Waals surface area (Å²) in [7, 11) is 0. The molecule has 1 atom stereocenters. The van der Waals surface area contributed by atoms with E-state index in [0.29, 0.717) is 12.3 Å². The van der Waals surface area contributed by atoms with Crippen LogP contribution in [0.4, 0.5) is 0 Å². The van der Waals surface area contributed by atoms with Crippen LogP contribution in [0.1, 0.15) is 36.4 Å². The largest absolute Gasteiger partial charge is 0.342 e. The van der Waals surface area contributed by atoms with Crippen molar-refractivity contribution in [3.05, 3.63) is 54.4 Å². The molecule has 5 nitrogen and oxygen atoms in total. The molecule has 0 spiro atoms. The van der Waals surface area contributed by atoms with Gasteiger partial charge >= 0.3 is 0 Å². The third-order valence-electron chi connectivity index (χ3n) is 4.15. The van der Waals surface area contributed by atoms with Crippen molar-refractivity contribution in [2.75, 3.05) is 13.1 Å². The Morgan fingerprint density at radius 1 is 1.27 bits per heavy atom. The van der Waals surface area contributed by atoms with E-state index in [2.05, 4.69) is 15.0 Å². The van der Waals surface area contributed by atoms with Gasteiger partial charge in [0, 0.05) is 49.7 Å². The minimum Gasteiger partial charge on any atom is -0.342 e. The molecule has 0 radical (unpaired) electrons. The minimum absolute atomic E-state index is 0.225.